The van der Waals surface area contributed by atoms with Gasteiger partial charge in [0.15, 0.2) is 0 Å². The first-order chi connectivity index (χ1) is 7.13. The lowest BCUT2D eigenvalue weighted by Crippen LogP contribution is -1.97. The van der Waals surface area contributed by atoms with Crippen LogP contribution in [0.5, 0.6) is 0 Å². The summed E-state index contributed by atoms with van der Waals surface area (Å²) in [4.78, 5) is 10.8. The van der Waals surface area contributed by atoms with Gasteiger partial charge in [-0.25, -0.2) is 0 Å². The molecule has 0 heterocycles. The van der Waals surface area contributed by atoms with Gasteiger partial charge < -0.3 is 4.74 Å². The molecule has 0 atom stereocenters. The van der Waals surface area contributed by atoms with Gasteiger partial charge in [-0.1, -0.05) is 29.5 Å². The summed E-state index contributed by atoms with van der Waals surface area (Å²) < 4.78 is 4.47. The topological polar surface area (TPSA) is 26.3 Å². The lowest BCUT2D eigenvalue weighted by molar-refractivity contribution is -0.139. The van der Waals surface area contributed by atoms with Gasteiger partial charge in [-0.05, 0) is 24.6 Å². The van der Waals surface area contributed by atoms with Gasteiger partial charge in [-0.15, -0.1) is 0 Å². The molecule has 0 amide bonds. The molecule has 78 valence electrons. The number of esters is 1. The number of hydrogen-bond donors (Lipinski definition) is 0. The highest BCUT2D eigenvalue weighted by Gasteiger charge is 1.97. The molecule has 2 nitrogen and oxygen atoms in total. The van der Waals surface area contributed by atoms with Crippen LogP contribution in [0.4, 0.5) is 0 Å². The van der Waals surface area contributed by atoms with Gasteiger partial charge in [-0.2, -0.15) is 0 Å². The van der Waals surface area contributed by atoms with Crippen LogP contribution in [0.3, 0.4) is 0 Å². The van der Waals surface area contributed by atoms with Crippen molar-refractivity contribution >= 4 is 17.6 Å². The normalized spacial score (nSPS) is 9.00. The molecule has 0 spiro atoms. The van der Waals surface area contributed by atoms with E-state index in [2.05, 4.69) is 16.6 Å². The van der Waals surface area contributed by atoms with E-state index in [1.54, 1.807) is 6.07 Å². The molecule has 0 bridgehead atoms. The Balaban J connectivity index is 2.79. The second kappa shape index (κ2) is 5.43. The first kappa shape index (κ1) is 11.6. The summed E-state index contributed by atoms with van der Waals surface area (Å²) >= 11 is 5.83. The van der Waals surface area contributed by atoms with Gasteiger partial charge in [0.2, 0.25) is 0 Å². The van der Waals surface area contributed by atoms with E-state index in [0.29, 0.717) is 5.02 Å². The summed E-state index contributed by atoms with van der Waals surface area (Å²) in [6.45, 7) is 1.94. The molecular weight excluding hydrogens is 212 g/mol. The van der Waals surface area contributed by atoms with Crippen LogP contribution in [0.2, 0.25) is 5.02 Å². The van der Waals surface area contributed by atoms with Crippen LogP contribution >= 0.6 is 11.6 Å². The quantitative estimate of drug-likeness (QED) is 0.539. The van der Waals surface area contributed by atoms with Crippen molar-refractivity contribution in [2.75, 3.05) is 7.11 Å². The number of hydrogen-bond acceptors (Lipinski definition) is 2. The zero-order valence-electron chi connectivity index (χ0n) is 8.63. The van der Waals surface area contributed by atoms with Crippen molar-refractivity contribution in [3.8, 4) is 11.8 Å². The number of halogens is 1. The summed E-state index contributed by atoms with van der Waals surface area (Å²) in [6.07, 6.45) is 0.0997. The van der Waals surface area contributed by atoms with Crippen molar-refractivity contribution in [2.24, 2.45) is 0 Å². The molecule has 0 fully saturated rings. The predicted octanol–water partition coefficient (Wildman–Crippen LogP) is 2.56. The molecular formula is C12H11ClO2. The summed E-state index contributed by atoms with van der Waals surface area (Å²) in [5, 5.41) is 0.642. The number of carbonyl (C=O) groups excluding carboxylic acids is 1. The maximum atomic E-state index is 10.8. The molecule has 0 unspecified atom stereocenters. The second-order valence-electron chi connectivity index (χ2n) is 3.01. The van der Waals surface area contributed by atoms with E-state index in [4.69, 9.17) is 11.6 Å². The van der Waals surface area contributed by atoms with Gasteiger partial charge in [-0.3, -0.25) is 4.79 Å². The largest absolute Gasteiger partial charge is 0.468 e. The van der Waals surface area contributed by atoms with E-state index in [1.807, 2.05) is 19.1 Å². The SMILES string of the molecule is COC(=O)CC#Cc1cc(Cl)ccc1C. The lowest BCUT2D eigenvalue weighted by atomic mass is 10.1. The highest BCUT2D eigenvalue weighted by atomic mass is 35.5. The Kier molecular flexibility index (Phi) is 4.20. The highest BCUT2D eigenvalue weighted by Crippen LogP contribution is 2.14. The highest BCUT2D eigenvalue weighted by molar-refractivity contribution is 6.30. The number of ether oxygens (including phenoxy) is 1. The predicted molar refractivity (Wildman–Crippen MR) is 59.7 cm³/mol. The first-order valence-corrected chi connectivity index (χ1v) is 4.83. The maximum absolute atomic E-state index is 10.8. The fourth-order valence-electron chi connectivity index (χ4n) is 1.01. The van der Waals surface area contributed by atoms with E-state index in [9.17, 15) is 4.79 Å². The molecule has 0 aliphatic rings. The molecule has 0 aromatic heterocycles. The molecule has 1 aromatic rings. The van der Waals surface area contributed by atoms with Crippen LogP contribution < -0.4 is 0 Å². The van der Waals surface area contributed by atoms with Gasteiger partial charge in [0.05, 0.1) is 7.11 Å². The third kappa shape index (κ3) is 3.65. The van der Waals surface area contributed by atoms with E-state index < -0.39 is 0 Å². The Morgan fingerprint density at radius 2 is 2.27 bits per heavy atom. The van der Waals surface area contributed by atoms with Crippen LogP contribution in [0.1, 0.15) is 17.5 Å². The zero-order valence-corrected chi connectivity index (χ0v) is 9.39. The molecule has 0 saturated heterocycles. The Labute approximate surface area is 94.2 Å². The fourth-order valence-corrected chi connectivity index (χ4v) is 1.18. The van der Waals surface area contributed by atoms with E-state index >= 15 is 0 Å². The van der Waals surface area contributed by atoms with Crippen molar-refractivity contribution in [1.29, 1.82) is 0 Å². The number of methoxy groups -OCH3 is 1. The van der Waals surface area contributed by atoms with Crippen molar-refractivity contribution in [1.82, 2.24) is 0 Å². The molecule has 1 rings (SSSR count). The van der Waals surface area contributed by atoms with Crippen LogP contribution in [0, 0.1) is 18.8 Å². The number of benzene rings is 1. The molecule has 1 aromatic carbocycles. The standard InChI is InChI=1S/C12H11ClO2/c1-9-6-7-11(13)8-10(9)4-3-5-12(14)15-2/h6-8H,5H2,1-2H3. The van der Waals surface area contributed by atoms with Crippen LogP contribution in [-0.2, 0) is 9.53 Å². The summed E-state index contributed by atoms with van der Waals surface area (Å²) in [7, 11) is 1.34. The fraction of sp³-hybridized carbons (Fsp3) is 0.250. The van der Waals surface area contributed by atoms with E-state index in [-0.39, 0.29) is 12.4 Å². The molecule has 0 saturated carbocycles. The van der Waals surface area contributed by atoms with Crippen molar-refractivity contribution in [3.63, 3.8) is 0 Å². The zero-order chi connectivity index (χ0) is 11.3. The molecule has 0 radical (unpaired) electrons. The van der Waals surface area contributed by atoms with Crippen molar-refractivity contribution < 1.29 is 9.53 Å². The van der Waals surface area contributed by atoms with Gasteiger partial charge in [0, 0.05) is 10.6 Å². The number of aryl methyl sites for hydroxylation is 1. The molecule has 0 aliphatic carbocycles. The number of carbonyl (C=O) groups is 1. The molecule has 3 heteroatoms. The van der Waals surface area contributed by atoms with Gasteiger partial charge in [0.1, 0.15) is 6.42 Å². The summed E-state index contributed by atoms with van der Waals surface area (Å²) in [5.41, 5.74) is 1.88. The third-order valence-electron chi connectivity index (χ3n) is 1.88. The lowest BCUT2D eigenvalue weighted by Gasteiger charge is -1.97. The minimum Gasteiger partial charge on any atom is -0.468 e. The molecule has 0 aliphatic heterocycles. The van der Waals surface area contributed by atoms with Crippen molar-refractivity contribution in [3.05, 3.63) is 34.3 Å². The Bertz CT molecular complexity index is 427. The van der Waals surface area contributed by atoms with Crippen molar-refractivity contribution in [2.45, 2.75) is 13.3 Å². The minimum absolute atomic E-state index is 0.0997. The van der Waals surface area contributed by atoms with Crippen LogP contribution in [0.25, 0.3) is 0 Å². The average molecular weight is 223 g/mol. The Morgan fingerprint density at radius 3 is 2.93 bits per heavy atom. The molecule has 15 heavy (non-hydrogen) atoms. The Morgan fingerprint density at radius 1 is 1.53 bits per heavy atom. The van der Waals surface area contributed by atoms with Crippen LogP contribution in [-0.4, -0.2) is 13.1 Å². The smallest absolute Gasteiger partial charge is 0.317 e. The van der Waals surface area contributed by atoms with E-state index in [1.165, 1.54) is 7.11 Å². The summed E-state index contributed by atoms with van der Waals surface area (Å²) in [6, 6.07) is 5.48. The van der Waals surface area contributed by atoms with Gasteiger partial charge in [0.25, 0.3) is 0 Å². The Hall–Kier alpha value is -1.46. The van der Waals surface area contributed by atoms with E-state index in [0.717, 1.165) is 11.1 Å². The second-order valence-corrected chi connectivity index (χ2v) is 3.45. The third-order valence-corrected chi connectivity index (χ3v) is 2.12. The minimum atomic E-state index is -0.331. The average Bonchev–Trinajstić information content (AvgIpc) is 2.23. The maximum Gasteiger partial charge on any atom is 0.317 e. The number of rotatable bonds is 1. The van der Waals surface area contributed by atoms with Gasteiger partial charge >= 0.3 is 5.97 Å². The van der Waals surface area contributed by atoms with Crippen LogP contribution in [0.15, 0.2) is 18.2 Å². The monoisotopic (exact) mass is 222 g/mol. The first-order valence-electron chi connectivity index (χ1n) is 4.45. The molecule has 0 N–H and O–H groups in total. The summed E-state index contributed by atoms with van der Waals surface area (Å²) in [5.74, 6) is 5.29.